The first-order valence-corrected chi connectivity index (χ1v) is 12.9. The van der Waals surface area contributed by atoms with E-state index in [1.165, 1.54) is 18.9 Å². The lowest BCUT2D eigenvalue weighted by atomic mass is 9.48. The van der Waals surface area contributed by atoms with Crippen LogP contribution in [0.3, 0.4) is 0 Å². The summed E-state index contributed by atoms with van der Waals surface area (Å²) < 4.78 is 55.4. The fourth-order valence-corrected chi connectivity index (χ4v) is 7.89. The van der Waals surface area contributed by atoms with Crippen LogP contribution in [-0.4, -0.2) is 31.0 Å². The Morgan fingerprint density at radius 3 is 2.49 bits per heavy atom. The van der Waals surface area contributed by atoms with Gasteiger partial charge in [-0.1, -0.05) is 30.6 Å². The van der Waals surface area contributed by atoms with Crippen LogP contribution in [0.1, 0.15) is 63.9 Å². The second-order valence-electron chi connectivity index (χ2n) is 11.2. The number of carbonyl (C=O) groups is 2. The van der Waals surface area contributed by atoms with Crippen LogP contribution in [0.2, 0.25) is 0 Å². The third-order valence-electron chi connectivity index (χ3n) is 9.57. The Morgan fingerprint density at radius 2 is 1.86 bits per heavy atom. The zero-order valence-electron chi connectivity index (χ0n) is 21.3. The number of hydrogen-bond donors (Lipinski definition) is 1. The normalized spacial score (nSPS) is 35.0. The van der Waals surface area contributed by atoms with Crippen molar-refractivity contribution < 1.29 is 27.2 Å². The molecule has 0 radical (unpaired) electrons. The lowest BCUT2D eigenvalue weighted by Gasteiger charge is -2.55. The summed E-state index contributed by atoms with van der Waals surface area (Å²) in [6, 6.07) is 7.88. The molecule has 0 aromatic heterocycles. The first kappa shape index (κ1) is 25.8. The summed E-state index contributed by atoms with van der Waals surface area (Å²) in [6.07, 6.45) is -2.41. The standard InChI is InChI=1S/C30H31F4NO2/c1-17(36)29(12-13-30(32,33)34)11-10-25-23-15-26(31)22-14-20(37)8-9-21(22)27(23)24(16-28(25,29)2)18-4-6-19(35-3)7-5-18/h4-7,14,23-26,35H,8-11,15-16H2,1-3H3/t23-,24+,25-,26?,28-,29+/m0/s1. The predicted molar refractivity (Wildman–Crippen MR) is 133 cm³/mol. The smallest absolute Gasteiger partial charge is 0.388 e. The van der Waals surface area contributed by atoms with Crippen LogP contribution in [0, 0.1) is 34.5 Å². The first-order valence-electron chi connectivity index (χ1n) is 12.9. The molecule has 2 fully saturated rings. The van der Waals surface area contributed by atoms with Gasteiger partial charge in [0.15, 0.2) is 5.78 Å². The highest BCUT2D eigenvalue weighted by molar-refractivity contribution is 5.93. The summed E-state index contributed by atoms with van der Waals surface area (Å²) in [6.45, 7) is 3.24. The number of halogens is 4. The van der Waals surface area contributed by atoms with Crippen molar-refractivity contribution in [3.05, 3.63) is 52.6 Å². The summed E-state index contributed by atoms with van der Waals surface area (Å²) in [5.74, 6) is 2.83. The van der Waals surface area contributed by atoms with Crippen LogP contribution >= 0.6 is 0 Å². The number of benzene rings is 1. The Morgan fingerprint density at radius 1 is 1.16 bits per heavy atom. The van der Waals surface area contributed by atoms with E-state index in [9.17, 15) is 22.8 Å². The number of anilines is 1. The molecule has 0 spiro atoms. The van der Waals surface area contributed by atoms with E-state index in [-0.39, 0.29) is 42.2 Å². The van der Waals surface area contributed by atoms with Gasteiger partial charge in [-0.15, -0.1) is 0 Å². The molecule has 0 aliphatic heterocycles. The lowest BCUT2D eigenvalue weighted by Crippen LogP contribution is -2.51. The topological polar surface area (TPSA) is 46.2 Å². The summed E-state index contributed by atoms with van der Waals surface area (Å²) >= 11 is 0. The molecule has 7 heteroatoms. The molecule has 1 aromatic carbocycles. The van der Waals surface area contributed by atoms with Crippen LogP contribution in [0.15, 0.2) is 47.1 Å². The minimum absolute atomic E-state index is 0.0742. The zero-order chi connectivity index (χ0) is 26.8. The predicted octanol–water partition coefficient (Wildman–Crippen LogP) is 6.72. The Bertz CT molecular complexity index is 1260. The van der Waals surface area contributed by atoms with E-state index in [0.717, 1.165) is 22.4 Å². The second kappa shape index (κ2) is 8.85. The Balaban J connectivity index is 1.72. The van der Waals surface area contributed by atoms with E-state index in [4.69, 9.17) is 0 Å². The van der Waals surface area contributed by atoms with Gasteiger partial charge in [0.05, 0.1) is 5.41 Å². The molecule has 5 rings (SSSR count). The van der Waals surface area contributed by atoms with Gasteiger partial charge in [-0.3, -0.25) is 9.59 Å². The number of alkyl halides is 4. The van der Waals surface area contributed by atoms with Crippen molar-refractivity contribution in [3.63, 3.8) is 0 Å². The van der Waals surface area contributed by atoms with Gasteiger partial charge >= 0.3 is 6.18 Å². The highest BCUT2D eigenvalue weighted by Gasteiger charge is 2.65. The average molecular weight is 514 g/mol. The molecule has 1 aromatic rings. The number of hydrogen-bond acceptors (Lipinski definition) is 3. The van der Waals surface area contributed by atoms with Crippen molar-refractivity contribution in [1.82, 2.24) is 0 Å². The zero-order valence-corrected chi connectivity index (χ0v) is 21.3. The van der Waals surface area contributed by atoms with Gasteiger partial charge in [0, 0.05) is 31.0 Å². The molecule has 4 aliphatic carbocycles. The maximum Gasteiger partial charge on any atom is 0.457 e. The van der Waals surface area contributed by atoms with E-state index in [1.807, 2.05) is 38.2 Å². The average Bonchev–Trinajstić information content (AvgIpc) is 3.15. The number of nitrogens with one attached hydrogen (secondary N) is 1. The molecular formula is C30H31F4NO2. The summed E-state index contributed by atoms with van der Waals surface area (Å²) in [4.78, 5) is 25.3. The maximum absolute atomic E-state index is 15.6. The fraction of sp³-hybridized carbons (Fsp3) is 0.533. The van der Waals surface area contributed by atoms with Gasteiger partial charge in [0.25, 0.3) is 0 Å². The van der Waals surface area contributed by atoms with Crippen LogP contribution in [0.25, 0.3) is 0 Å². The third kappa shape index (κ3) is 4.04. The molecule has 3 nitrogen and oxygen atoms in total. The minimum Gasteiger partial charge on any atom is -0.388 e. The molecule has 196 valence electrons. The molecule has 0 amide bonds. The van der Waals surface area contributed by atoms with Crippen molar-refractivity contribution >= 4 is 17.3 Å². The van der Waals surface area contributed by atoms with Gasteiger partial charge in [-0.05, 0) is 91.2 Å². The molecule has 0 saturated heterocycles. The van der Waals surface area contributed by atoms with Crippen molar-refractivity contribution in [2.24, 2.45) is 22.7 Å². The second-order valence-corrected chi connectivity index (χ2v) is 11.2. The van der Waals surface area contributed by atoms with Crippen molar-refractivity contribution in [2.45, 2.75) is 70.6 Å². The van der Waals surface area contributed by atoms with Crippen LogP contribution in [0.4, 0.5) is 23.2 Å². The van der Waals surface area contributed by atoms with Gasteiger partial charge in [-0.2, -0.15) is 13.2 Å². The number of Topliss-reactive ketones (excluding diaryl/α,β-unsaturated/α-hetero) is 1. The molecule has 6 atom stereocenters. The van der Waals surface area contributed by atoms with E-state index in [1.54, 1.807) is 0 Å². The molecule has 4 aliphatic rings. The van der Waals surface area contributed by atoms with E-state index in [2.05, 4.69) is 11.2 Å². The molecule has 1 N–H and O–H groups in total. The molecule has 37 heavy (non-hydrogen) atoms. The molecule has 2 saturated carbocycles. The van der Waals surface area contributed by atoms with Crippen LogP contribution in [0.5, 0.6) is 0 Å². The number of carbonyl (C=O) groups excluding carboxylic acids is 2. The number of rotatable bonds is 3. The molecular weight excluding hydrogens is 482 g/mol. The van der Waals surface area contributed by atoms with Crippen molar-refractivity contribution in [1.29, 1.82) is 0 Å². The molecule has 1 unspecified atom stereocenters. The maximum atomic E-state index is 15.6. The van der Waals surface area contributed by atoms with Crippen molar-refractivity contribution in [2.75, 3.05) is 12.4 Å². The van der Waals surface area contributed by atoms with Crippen LogP contribution in [-0.2, 0) is 9.59 Å². The van der Waals surface area contributed by atoms with E-state index < -0.39 is 23.2 Å². The number of allylic oxidation sites excluding steroid dienone is 4. The van der Waals surface area contributed by atoms with Gasteiger partial charge in [-0.25, -0.2) is 4.39 Å². The third-order valence-corrected chi connectivity index (χ3v) is 9.57. The van der Waals surface area contributed by atoms with Gasteiger partial charge < -0.3 is 5.32 Å². The van der Waals surface area contributed by atoms with Gasteiger partial charge in [0.1, 0.15) is 12.0 Å². The lowest BCUT2D eigenvalue weighted by molar-refractivity contribution is -0.130. The minimum atomic E-state index is -4.70. The summed E-state index contributed by atoms with van der Waals surface area (Å²) in [5, 5.41) is 3.10. The fourth-order valence-electron chi connectivity index (χ4n) is 7.89. The van der Waals surface area contributed by atoms with Crippen molar-refractivity contribution in [3.8, 4) is 11.8 Å². The molecule has 0 bridgehead atoms. The first-order chi connectivity index (χ1) is 17.4. The number of ketones is 2. The molecule has 0 heterocycles. The Labute approximate surface area is 214 Å². The Hall–Kier alpha value is -2.88. The monoisotopic (exact) mass is 513 g/mol. The highest BCUT2D eigenvalue weighted by atomic mass is 19.4. The quantitative estimate of drug-likeness (QED) is 0.361. The van der Waals surface area contributed by atoms with Crippen LogP contribution < -0.4 is 5.32 Å². The van der Waals surface area contributed by atoms with E-state index in [0.29, 0.717) is 31.3 Å². The summed E-state index contributed by atoms with van der Waals surface area (Å²) in [7, 11) is 1.82. The largest absolute Gasteiger partial charge is 0.457 e. The number of fused-ring (bicyclic) bond motifs is 4. The highest BCUT2D eigenvalue weighted by Crippen LogP contribution is 2.69. The van der Waals surface area contributed by atoms with Gasteiger partial charge in [0.2, 0.25) is 0 Å². The Kier molecular flexibility index (Phi) is 6.16. The summed E-state index contributed by atoms with van der Waals surface area (Å²) in [5.41, 5.74) is 2.07. The van der Waals surface area contributed by atoms with E-state index >= 15 is 4.39 Å². The SMILES string of the molecule is CNc1ccc([C@H]2C[C@@]3(C)[C@@H](CC[C@@]3(C#CC(F)(F)F)C(C)=O)[C@@H]3CC(F)C4=CC(=O)CCC4=C32)cc1.